The van der Waals surface area contributed by atoms with E-state index in [1.54, 1.807) is 29.7 Å². The number of aromatic nitrogens is 1. The molecule has 0 aliphatic rings. The predicted molar refractivity (Wildman–Crippen MR) is 86.9 cm³/mol. The van der Waals surface area contributed by atoms with E-state index in [4.69, 9.17) is 0 Å². The molecule has 0 radical (unpaired) electrons. The van der Waals surface area contributed by atoms with Gasteiger partial charge in [0, 0.05) is 0 Å². The molecule has 0 bridgehead atoms. The average Bonchev–Trinajstić information content (AvgIpc) is 2.91. The molecule has 3 rings (SSSR count). The number of rotatable bonds is 4. The molecule has 1 aromatic heterocycles. The van der Waals surface area contributed by atoms with Crippen LogP contribution in [0.1, 0.15) is 5.56 Å². The van der Waals surface area contributed by atoms with Gasteiger partial charge < -0.3 is 0 Å². The number of fused-ring (bicyclic) bond motifs is 1. The minimum Gasteiger partial charge on any atom is -0.258 e. The van der Waals surface area contributed by atoms with Crippen LogP contribution in [0.25, 0.3) is 15.9 Å². The molecule has 0 saturated heterocycles. The lowest BCUT2D eigenvalue weighted by Crippen LogP contribution is -1.96. The minimum atomic E-state index is -0.365. The fourth-order valence-electron chi connectivity index (χ4n) is 1.83. The highest BCUT2D eigenvalue weighted by Gasteiger charge is 2.14. The van der Waals surface area contributed by atoms with Crippen molar-refractivity contribution in [3.8, 4) is 0 Å². The van der Waals surface area contributed by atoms with Crippen LogP contribution in [0.15, 0.2) is 64.3 Å². The van der Waals surface area contributed by atoms with Gasteiger partial charge in [-0.1, -0.05) is 42.1 Å². The second kappa shape index (κ2) is 6.07. The number of thiazole rings is 1. The lowest BCUT2D eigenvalue weighted by molar-refractivity contribution is -0.375. The second-order valence-corrected chi connectivity index (χ2v) is 6.34. The van der Waals surface area contributed by atoms with Crippen molar-refractivity contribution < 1.29 is 4.92 Å². The molecule has 0 fully saturated rings. The number of para-hydroxylation sites is 1. The van der Waals surface area contributed by atoms with Crippen molar-refractivity contribution in [3.05, 3.63) is 75.7 Å². The molecule has 2 aromatic carbocycles. The van der Waals surface area contributed by atoms with Crippen molar-refractivity contribution in [1.82, 2.24) is 4.98 Å². The van der Waals surface area contributed by atoms with E-state index in [1.807, 2.05) is 30.3 Å². The Kier molecular flexibility index (Phi) is 3.98. The quantitative estimate of drug-likeness (QED) is 0.399. The first-order valence-electron chi connectivity index (χ1n) is 6.16. The Morgan fingerprint density at radius 2 is 1.86 bits per heavy atom. The van der Waals surface area contributed by atoms with Crippen LogP contribution in [0.3, 0.4) is 0 Å². The predicted octanol–water partition coefficient (Wildman–Crippen LogP) is 4.66. The van der Waals surface area contributed by atoms with E-state index < -0.39 is 0 Å². The molecule has 0 aliphatic carbocycles. The second-order valence-electron chi connectivity index (χ2n) is 4.19. The standard InChI is InChI=1S/C15H10N2O2S2/c18-17(19)13(11-6-2-1-3-7-11)10-20-15-16-12-8-4-5-9-14(12)21-15/h1-10H/b13-10+. The van der Waals surface area contributed by atoms with Crippen LogP contribution in [0.4, 0.5) is 0 Å². The van der Waals surface area contributed by atoms with Crippen LogP contribution < -0.4 is 0 Å². The largest absolute Gasteiger partial charge is 0.283 e. The minimum absolute atomic E-state index is 0.0832. The first-order chi connectivity index (χ1) is 10.2. The van der Waals surface area contributed by atoms with Gasteiger partial charge in [0.2, 0.25) is 0 Å². The molecule has 3 aromatic rings. The van der Waals surface area contributed by atoms with Gasteiger partial charge in [-0.15, -0.1) is 11.3 Å². The van der Waals surface area contributed by atoms with Gasteiger partial charge in [0.05, 0.1) is 26.1 Å². The Morgan fingerprint density at radius 3 is 2.57 bits per heavy atom. The maximum Gasteiger partial charge on any atom is 0.283 e. The van der Waals surface area contributed by atoms with Gasteiger partial charge in [0.1, 0.15) is 0 Å². The van der Waals surface area contributed by atoms with E-state index in [0.717, 1.165) is 14.6 Å². The van der Waals surface area contributed by atoms with Crippen LogP contribution in [0.2, 0.25) is 0 Å². The molecule has 0 aliphatic heterocycles. The highest BCUT2D eigenvalue weighted by atomic mass is 32.2. The summed E-state index contributed by atoms with van der Waals surface area (Å²) in [6.45, 7) is 0. The summed E-state index contributed by atoms with van der Waals surface area (Å²) < 4.78 is 1.88. The third-order valence-corrected chi connectivity index (χ3v) is 4.82. The zero-order valence-electron chi connectivity index (χ0n) is 10.8. The van der Waals surface area contributed by atoms with Gasteiger partial charge in [0.25, 0.3) is 5.70 Å². The van der Waals surface area contributed by atoms with Crippen LogP contribution in [0, 0.1) is 10.1 Å². The maximum atomic E-state index is 11.2. The molecule has 0 saturated carbocycles. The molecule has 0 atom stereocenters. The fraction of sp³-hybridized carbons (Fsp3) is 0. The number of thioether (sulfide) groups is 1. The summed E-state index contributed by atoms with van der Waals surface area (Å²) in [6, 6.07) is 16.7. The molecule has 21 heavy (non-hydrogen) atoms. The summed E-state index contributed by atoms with van der Waals surface area (Å²) in [5.74, 6) is 0. The van der Waals surface area contributed by atoms with Gasteiger partial charge in [-0.25, -0.2) is 4.98 Å². The summed E-state index contributed by atoms with van der Waals surface area (Å²) in [5.41, 5.74) is 1.59. The molecular formula is C15H10N2O2S2. The first-order valence-corrected chi connectivity index (χ1v) is 7.86. The number of nitro groups is 1. The highest BCUT2D eigenvalue weighted by Crippen LogP contribution is 2.32. The Bertz CT molecular complexity index is 780. The van der Waals surface area contributed by atoms with Crippen molar-refractivity contribution in [1.29, 1.82) is 0 Å². The first kappa shape index (κ1) is 13.8. The molecule has 1 heterocycles. The number of hydrogen-bond acceptors (Lipinski definition) is 5. The van der Waals surface area contributed by atoms with E-state index >= 15 is 0 Å². The van der Waals surface area contributed by atoms with E-state index in [0.29, 0.717) is 5.56 Å². The third-order valence-electron chi connectivity index (χ3n) is 2.81. The molecule has 4 nitrogen and oxygen atoms in total. The molecule has 0 N–H and O–H groups in total. The van der Waals surface area contributed by atoms with E-state index in [2.05, 4.69) is 4.98 Å². The van der Waals surface area contributed by atoms with E-state index in [9.17, 15) is 10.1 Å². The summed E-state index contributed by atoms with van der Waals surface area (Å²) >= 11 is 2.81. The van der Waals surface area contributed by atoms with Gasteiger partial charge >= 0.3 is 0 Å². The van der Waals surface area contributed by atoms with Gasteiger partial charge in [-0.05, 0) is 24.3 Å². The maximum absolute atomic E-state index is 11.2. The van der Waals surface area contributed by atoms with Crippen molar-refractivity contribution >= 4 is 39.0 Å². The zero-order chi connectivity index (χ0) is 14.7. The molecule has 0 unspecified atom stereocenters. The SMILES string of the molecule is O=[N+]([O-])/C(=C/Sc1nc2ccccc2s1)c1ccccc1. The molecule has 6 heteroatoms. The Labute approximate surface area is 129 Å². The fourth-order valence-corrected chi connectivity index (χ4v) is 3.72. The lowest BCUT2D eigenvalue weighted by atomic mass is 10.2. The monoisotopic (exact) mass is 314 g/mol. The summed E-state index contributed by atoms with van der Waals surface area (Å²) in [7, 11) is 0. The van der Waals surface area contributed by atoms with Crippen LogP contribution in [0.5, 0.6) is 0 Å². The molecular weight excluding hydrogens is 304 g/mol. The Balaban J connectivity index is 1.90. The normalized spacial score (nSPS) is 11.7. The van der Waals surface area contributed by atoms with Gasteiger partial charge in [-0.3, -0.25) is 10.1 Å². The number of benzene rings is 2. The zero-order valence-corrected chi connectivity index (χ0v) is 12.4. The molecule has 104 valence electrons. The van der Waals surface area contributed by atoms with Crippen molar-refractivity contribution in [2.75, 3.05) is 0 Å². The van der Waals surface area contributed by atoms with E-state index in [1.165, 1.54) is 23.1 Å². The van der Waals surface area contributed by atoms with E-state index in [-0.39, 0.29) is 10.6 Å². The van der Waals surface area contributed by atoms with Crippen LogP contribution in [-0.2, 0) is 0 Å². The summed E-state index contributed by atoms with van der Waals surface area (Å²) in [5, 5.41) is 12.7. The Hall–Kier alpha value is -2.18. The average molecular weight is 314 g/mol. The van der Waals surface area contributed by atoms with Crippen molar-refractivity contribution in [2.24, 2.45) is 0 Å². The highest BCUT2D eigenvalue weighted by molar-refractivity contribution is 8.04. The number of hydrogen-bond donors (Lipinski definition) is 0. The topological polar surface area (TPSA) is 56.0 Å². The molecule has 0 spiro atoms. The third kappa shape index (κ3) is 3.12. The summed E-state index contributed by atoms with van der Waals surface area (Å²) in [4.78, 5) is 15.3. The smallest absolute Gasteiger partial charge is 0.258 e. The van der Waals surface area contributed by atoms with Crippen LogP contribution >= 0.6 is 23.1 Å². The van der Waals surface area contributed by atoms with Crippen LogP contribution in [-0.4, -0.2) is 9.91 Å². The van der Waals surface area contributed by atoms with Crippen molar-refractivity contribution in [3.63, 3.8) is 0 Å². The number of nitrogens with zero attached hydrogens (tertiary/aromatic N) is 2. The lowest BCUT2D eigenvalue weighted by Gasteiger charge is -1.97. The Morgan fingerprint density at radius 1 is 1.14 bits per heavy atom. The van der Waals surface area contributed by atoms with Gasteiger partial charge in [0.15, 0.2) is 4.34 Å². The van der Waals surface area contributed by atoms with Crippen molar-refractivity contribution in [2.45, 2.75) is 4.34 Å². The molecule has 0 amide bonds. The summed E-state index contributed by atoms with van der Waals surface area (Å²) in [6.07, 6.45) is 0. The van der Waals surface area contributed by atoms with Gasteiger partial charge in [-0.2, -0.15) is 0 Å².